The van der Waals surface area contributed by atoms with Gasteiger partial charge in [-0.05, 0) is 32.4 Å². The van der Waals surface area contributed by atoms with Crippen LogP contribution < -0.4 is 0 Å². The third-order valence-corrected chi connectivity index (χ3v) is 9.25. The molecule has 1 aromatic carbocycles. The first-order chi connectivity index (χ1) is 12.1. The lowest BCUT2D eigenvalue weighted by Crippen LogP contribution is -2.44. The number of hydrogen-bond donors (Lipinski definition) is 0. The average Bonchev–Trinajstić information content (AvgIpc) is 2.61. The van der Waals surface area contributed by atoms with E-state index in [1.807, 2.05) is 0 Å². The zero-order chi connectivity index (χ0) is 18.3. The van der Waals surface area contributed by atoms with Crippen LogP contribution in [0.15, 0.2) is 29.0 Å². The minimum absolute atomic E-state index is 0.982. The van der Waals surface area contributed by atoms with Crippen LogP contribution in [-0.4, -0.2) is 53.8 Å². The van der Waals surface area contributed by atoms with Crippen molar-refractivity contribution >= 4 is 7.51 Å². The lowest BCUT2D eigenvalue weighted by Gasteiger charge is -2.51. The highest BCUT2D eigenvalue weighted by Crippen LogP contribution is 2.61. The van der Waals surface area contributed by atoms with Crippen molar-refractivity contribution in [3.05, 3.63) is 35.4 Å². The van der Waals surface area contributed by atoms with Crippen LogP contribution in [0.3, 0.4) is 0 Å². The van der Waals surface area contributed by atoms with Crippen LogP contribution in [0.4, 0.5) is 0 Å². The van der Waals surface area contributed by atoms with Gasteiger partial charge in [0.05, 0.1) is 0 Å². The number of aryl methyl sites for hydroxylation is 1. The summed E-state index contributed by atoms with van der Waals surface area (Å²) >= 11 is 0. The molecule has 0 spiro atoms. The summed E-state index contributed by atoms with van der Waals surface area (Å²) in [6.07, 6.45) is 3.63. The average molecular weight is 365 g/mol. The molecule has 1 unspecified atom stereocenters. The zero-order valence-electron chi connectivity index (χ0n) is 16.9. The van der Waals surface area contributed by atoms with Crippen molar-refractivity contribution in [3.63, 3.8) is 0 Å². The molecule has 2 rings (SSSR count). The molecule has 1 atom stereocenters. The van der Waals surface area contributed by atoms with Gasteiger partial charge in [0.2, 0.25) is 0 Å². The van der Waals surface area contributed by atoms with E-state index >= 15 is 0 Å². The Bertz CT molecular complexity index is 566. The molecule has 0 radical (unpaired) electrons. The lowest BCUT2D eigenvalue weighted by atomic mass is 10.1. The van der Waals surface area contributed by atoms with E-state index in [0.29, 0.717) is 0 Å². The van der Waals surface area contributed by atoms with Crippen molar-refractivity contribution in [2.24, 2.45) is 4.74 Å². The monoisotopic (exact) mass is 364 g/mol. The van der Waals surface area contributed by atoms with Crippen LogP contribution in [0.25, 0.3) is 0 Å². The second-order valence-electron chi connectivity index (χ2n) is 7.00. The largest absolute Gasteiger partial charge is 0.261 e. The molecule has 0 bridgehead atoms. The van der Waals surface area contributed by atoms with Gasteiger partial charge < -0.3 is 0 Å². The van der Waals surface area contributed by atoms with Crippen LogP contribution >= 0.6 is 7.51 Å². The second kappa shape index (κ2) is 9.87. The molecule has 0 amide bonds. The molecule has 1 aromatic rings. The maximum Gasteiger partial charge on any atom is 0.167 e. The van der Waals surface area contributed by atoms with E-state index in [0.717, 1.165) is 39.3 Å². The lowest BCUT2D eigenvalue weighted by molar-refractivity contribution is 0.284. The van der Waals surface area contributed by atoms with Gasteiger partial charge >= 0.3 is 0 Å². The molecule has 0 aliphatic carbocycles. The van der Waals surface area contributed by atoms with Crippen molar-refractivity contribution in [1.82, 2.24) is 14.0 Å². The molecule has 25 heavy (non-hydrogen) atoms. The fourth-order valence-electron chi connectivity index (χ4n) is 3.69. The van der Waals surface area contributed by atoms with Crippen molar-refractivity contribution in [1.29, 1.82) is 0 Å². The molecule has 1 saturated heterocycles. The molecule has 1 heterocycles. The summed E-state index contributed by atoms with van der Waals surface area (Å²) in [7, 11) is 0.511. The van der Waals surface area contributed by atoms with Gasteiger partial charge in [-0.1, -0.05) is 57.0 Å². The van der Waals surface area contributed by atoms with E-state index < -0.39 is 7.51 Å². The standard InChI is InChI=1S/C20H37N4P/c1-6-9-15-21-25(23(7-2)8-3)22(5)16-10-17-24(25)18-20-13-11-19(4)12-14-20/h11-14H,6-10,15-18H2,1-5H3. The molecular weight excluding hydrogens is 327 g/mol. The van der Waals surface area contributed by atoms with Gasteiger partial charge in [0, 0.05) is 39.3 Å². The molecular formula is C20H37N4P. The van der Waals surface area contributed by atoms with E-state index in [9.17, 15) is 0 Å². The summed E-state index contributed by atoms with van der Waals surface area (Å²) < 4.78 is 13.3. The molecule has 1 aliphatic rings. The Morgan fingerprint density at radius 1 is 1.08 bits per heavy atom. The maximum atomic E-state index is 5.41. The first kappa shape index (κ1) is 20.6. The van der Waals surface area contributed by atoms with Gasteiger partial charge in [-0.25, -0.2) is 14.0 Å². The third-order valence-electron chi connectivity index (χ3n) is 5.13. The SMILES string of the molecule is CCCCN=P1(N(CC)CC)N(C)CCCN1Cc1ccc(C)cc1. The van der Waals surface area contributed by atoms with E-state index in [2.05, 4.69) is 73.0 Å². The third kappa shape index (κ3) is 4.74. The van der Waals surface area contributed by atoms with Crippen LogP contribution in [0, 0.1) is 6.92 Å². The highest BCUT2D eigenvalue weighted by molar-refractivity contribution is 7.59. The number of rotatable bonds is 8. The van der Waals surface area contributed by atoms with Crippen molar-refractivity contribution in [2.45, 2.75) is 53.5 Å². The number of hydrogen-bond acceptors (Lipinski definition) is 1. The van der Waals surface area contributed by atoms with E-state index in [1.54, 1.807) is 0 Å². The Labute approximate surface area is 155 Å². The number of benzene rings is 1. The smallest absolute Gasteiger partial charge is 0.167 e. The van der Waals surface area contributed by atoms with Crippen LogP contribution in [0.1, 0.15) is 51.2 Å². The van der Waals surface area contributed by atoms with E-state index in [4.69, 9.17) is 4.74 Å². The zero-order valence-corrected chi connectivity index (χ0v) is 17.8. The first-order valence-electron chi connectivity index (χ1n) is 9.94. The Morgan fingerprint density at radius 2 is 1.76 bits per heavy atom. The molecule has 0 saturated carbocycles. The summed E-state index contributed by atoms with van der Waals surface area (Å²) in [5.74, 6) is 0. The van der Waals surface area contributed by atoms with Crippen molar-refractivity contribution in [3.8, 4) is 0 Å². The molecule has 0 aromatic heterocycles. The maximum absolute atomic E-state index is 5.41. The van der Waals surface area contributed by atoms with Crippen molar-refractivity contribution < 1.29 is 0 Å². The first-order valence-corrected chi connectivity index (χ1v) is 11.5. The number of nitrogens with zero attached hydrogens (tertiary/aromatic N) is 4. The summed E-state index contributed by atoms with van der Waals surface area (Å²) in [6, 6.07) is 9.03. The minimum atomic E-state index is -1.78. The normalized spacial score (nSPS) is 22.5. The van der Waals surface area contributed by atoms with Gasteiger partial charge in [0.25, 0.3) is 0 Å². The summed E-state index contributed by atoms with van der Waals surface area (Å²) in [5, 5.41) is 0. The molecule has 1 fully saturated rings. The molecule has 1 aliphatic heterocycles. The van der Waals surface area contributed by atoms with Crippen LogP contribution in [0.5, 0.6) is 0 Å². The van der Waals surface area contributed by atoms with Gasteiger partial charge in [-0.3, -0.25) is 4.74 Å². The Morgan fingerprint density at radius 3 is 2.36 bits per heavy atom. The highest BCUT2D eigenvalue weighted by atomic mass is 31.2. The van der Waals surface area contributed by atoms with Crippen molar-refractivity contribution in [2.75, 3.05) is 39.8 Å². The fourth-order valence-corrected chi connectivity index (χ4v) is 7.83. The van der Waals surface area contributed by atoms with Gasteiger partial charge in [0.15, 0.2) is 7.51 Å². The minimum Gasteiger partial charge on any atom is -0.261 e. The molecule has 0 N–H and O–H groups in total. The number of unbranched alkanes of at least 4 members (excludes halogenated alkanes) is 1. The predicted molar refractivity (Wildman–Crippen MR) is 111 cm³/mol. The predicted octanol–water partition coefficient (Wildman–Crippen LogP) is 5.22. The molecule has 4 nitrogen and oxygen atoms in total. The van der Waals surface area contributed by atoms with Gasteiger partial charge in [-0.2, -0.15) is 0 Å². The van der Waals surface area contributed by atoms with Gasteiger partial charge in [0.1, 0.15) is 0 Å². The second-order valence-corrected chi connectivity index (χ2v) is 10.2. The fraction of sp³-hybridized carbons (Fsp3) is 0.700. The molecule has 5 heteroatoms. The van der Waals surface area contributed by atoms with Gasteiger partial charge in [-0.15, -0.1) is 0 Å². The Hall–Kier alpha value is -0.670. The summed E-state index contributed by atoms with van der Waals surface area (Å²) in [4.78, 5) is 0. The Balaban J connectivity index is 2.40. The highest BCUT2D eigenvalue weighted by Gasteiger charge is 2.39. The molecule has 142 valence electrons. The summed E-state index contributed by atoms with van der Waals surface area (Å²) in [6.45, 7) is 15.4. The quantitative estimate of drug-likeness (QED) is 0.466. The topological polar surface area (TPSA) is 22.1 Å². The Kier molecular flexibility index (Phi) is 8.15. The van der Waals surface area contributed by atoms with Crippen LogP contribution in [-0.2, 0) is 6.54 Å². The van der Waals surface area contributed by atoms with E-state index in [1.165, 1.54) is 30.4 Å². The van der Waals surface area contributed by atoms with Crippen LogP contribution in [0.2, 0.25) is 0 Å². The summed E-state index contributed by atoms with van der Waals surface area (Å²) in [5.41, 5.74) is 2.74. The van der Waals surface area contributed by atoms with E-state index in [-0.39, 0.29) is 0 Å².